The van der Waals surface area contributed by atoms with E-state index in [1.807, 2.05) is 36.9 Å². The molecule has 5 heteroatoms. The second kappa shape index (κ2) is 7.16. The Morgan fingerprint density at radius 2 is 1.81 bits per heavy atom. The number of benzene rings is 1. The number of carbonyl (C=O) groups is 1. The summed E-state index contributed by atoms with van der Waals surface area (Å²) in [6.07, 6.45) is 4.15. The number of fused-ring (bicyclic) bond motifs is 1. The number of rotatable bonds is 3. The van der Waals surface area contributed by atoms with Crippen LogP contribution >= 0.6 is 11.3 Å². The molecular formula is C21H23N3OS. The molecule has 4 rings (SSSR count). The van der Waals surface area contributed by atoms with Crippen molar-refractivity contribution in [3.63, 3.8) is 0 Å². The predicted molar refractivity (Wildman–Crippen MR) is 106 cm³/mol. The van der Waals surface area contributed by atoms with E-state index in [1.165, 1.54) is 23.3 Å². The Balaban J connectivity index is 1.69. The van der Waals surface area contributed by atoms with E-state index in [2.05, 4.69) is 12.1 Å². The van der Waals surface area contributed by atoms with E-state index in [0.29, 0.717) is 6.42 Å². The Morgan fingerprint density at radius 1 is 1.08 bits per heavy atom. The molecule has 1 fully saturated rings. The van der Waals surface area contributed by atoms with Crippen molar-refractivity contribution in [2.45, 2.75) is 39.5 Å². The summed E-state index contributed by atoms with van der Waals surface area (Å²) in [6.45, 7) is 5.80. The molecule has 4 nitrogen and oxygen atoms in total. The van der Waals surface area contributed by atoms with Gasteiger partial charge in [0, 0.05) is 24.9 Å². The smallest absolute Gasteiger partial charge is 0.264 e. The summed E-state index contributed by atoms with van der Waals surface area (Å²) in [5.74, 6) is 0.980. The van der Waals surface area contributed by atoms with Crippen LogP contribution in [0.4, 0.5) is 0 Å². The van der Waals surface area contributed by atoms with Crippen LogP contribution in [-0.2, 0) is 6.42 Å². The highest BCUT2D eigenvalue weighted by molar-refractivity contribution is 7.20. The molecule has 0 spiro atoms. The Bertz CT molecular complexity index is 943. The van der Waals surface area contributed by atoms with Gasteiger partial charge in [-0.2, -0.15) is 0 Å². The summed E-state index contributed by atoms with van der Waals surface area (Å²) in [7, 11) is 0. The molecule has 0 aliphatic carbocycles. The molecule has 0 N–H and O–H groups in total. The van der Waals surface area contributed by atoms with Gasteiger partial charge in [0.15, 0.2) is 0 Å². The van der Waals surface area contributed by atoms with Gasteiger partial charge in [0.25, 0.3) is 5.91 Å². The van der Waals surface area contributed by atoms with Crippen molar-refractivity contribution in [3.8, 4) is 0 Å². The van der Waals surface area contributed by atoms with E-state index in [1.54, 1.807) is 0 Å². The monoisotopic (exact) mass is 365 g/mol. The zero-order chi connectivity index (χ0) is 18.1. The van der Waals surface area contributed by atoms with Gasteiger partial charge in [-0.25, -0.2) is 9.97 Å². The lowest BCUT2D eigenvalue weighted by atomic mass is 10.1. The van der Waals surface area contributed by atoms with Gasteiger partial charge in [0.05, 0.1) is 10.6 Å². The molecule has 3 aromatic rings. The highest BCUT2D eigenvalue weighted by Gasteiger charge is 2.24. The summed E-state index contributed by atoms with van der Waals surface area (Å²) >= 11 is 1.52. The van der Waals surface area contributed by atoms with Crippen molar-refractivity contribution in [2.24, 2.45) is 0 Å². The van der Waals surface area contributed by atoms with E-state index in [-0.39, 0.29) is 5.91 Å². The first-order chi connectivity index (χ1) is 12.6. The number of thiophene rings is 1. The maximum Gasteiger partial charge on any atom is 0.264 e. The fraction of sp³-hybridized carbons (Fsp3) is 0.381. The molecule has 1 amide bonds. The van der Waals surface area contributed by atoms with Crippen molar-refractivity contribution in [3.05, 3.63) is 57.9 Å². The zero-order valence-electron chi connectivity index (χ0n) is 15.3. The molecule has 1 aliphatic heterocycles. The topological polar surface area (TPSA) is 46.1 Å². The maximum atomic E-state index is 13.0. The van der Waals surface area contributed by atoms with E-state index in [0.717, 1.165) is 58.1 Å². The van der Waals surface area contributed by atoms with Crippen LogP contribution in [0.5, 0.6) is 0 Å². The number of likely N-dealkylation sites (tertiary alicyclic amines) is 1. The molecule has 0 unspecified atom stereocenters. The van der Waals surface area contributed by atoms with Crippen LogP contribution in [0.2, 0.25) is 0 Å². The lowest BCUT2D eigenvalue weighted by Crippen LogP contribution is -2.35. The second-order valence-electron chi connectivity index (χ2n) is 6.98. The first kappa shape index (κ1) is 17.2. The number of nitrogens with zero attached hydrogens (tertiary/aromatic N) is 3. The summed E-state index contributed by atoms with van der Waals surface area (Å²) in [5, 5.41) is 1.05. The van der Waals surface area contributed by atoms with Crippen LogP contribution in [0, 0.1) is 13.8 Å². The molecule has 1 aliphatic rings. The highest BCUT2D eigenvalue weighted by Crippen LogP contribution is 2.33. The zero-order valence-corrected chi connectivity index (χ0v) is 16.1. The third kappa shape index (κ3) is 3.23. The fourth-order valence-corrected chi connectivity index (χ4v) is 4.92. The minimum Gasteiger partial charge on any atom is -0.338 e. The van der Waals surface area contributed by atoms with Crippen LogP contribution in [0.15, 0.2) is 30.3 Å². The summed E-state index contributed by atoms with van der Waals surface area (Å²) < 4.78 is 0. The molecule has 0 saturated carbocycles. The van der Waals surface area contributed by atoms with Gasteiger partial charge in [0.1, 0.15) is 10.7 Å². The summed E-state index contributed by atoms with van der Waals surface area (Å²) in [5.41, 5.74) is 3.20. The Labute approximate surface area is 157 Å². The molecule has 1 saturated heterocycles. The molecular weight excluding hydrogens is 342 g/mol. The van der Waals surface area contributed by atoms with Gasteiger partial charge in [-0.3, -0.25) is 4.79 Å². The SMILES string of the molecule is Cc1nc(Cc2ccccc2)nc2sc(C(=O)N3CCCCC3)c(C)c12. The van der Waals surface area contributed by atoms with Gasteiger partial charge in [0.2, 0.25) is 0 Å². The number of aryl methyl sites for hydroxylation is 2. The van der Waals surface area contributed by atoms with Crippen molar-refractivity contribution in [1.82, 2.24) is 14.9 Å². The lowest BCUT2D eigenvalue weighted by molar-refractivity contribution is 0.0728. The second-order valence-corrected chi connectivity index (χ2v) is 7.98. The van der Waals surface area contributed by atoms with Gasteiger partial charge >= 0.3 is 0 Å². The van der Waals surface area contributed by atoms with Gasteiger partial charge in [-0.15, -0.1) is 11.3 Å². The molecule has 1 aromatic carbocycles. The van der Waals surface area contributed by atoms with Crippen LogP contribution in [0.1, 0.15) is 51.6 Å². The number of aromatic nitrogens is 2. The van der Waals surface area contributed by atoms with Crippen LogP contribution in [0.3, 0.4) is 0 Å². The minimum absolute atomic E-state index is 0.161. The summed E-state index contributed by atoms with van der Waals surface area (Å²) in [4.78, 5) is 26.2. The summed E-state index contributed by atoms with van der Waals surface area (Å²) in [6, 6.07) is 10.3. The number of amides is 1. The molecule has 26 heavy (non-hydrogen) atoms. The van der Waals surface area contributed by atoms with E-state index >= 15 is 0 Å². The number of hydrogen-bond acceptors (Lipinski definition) is 4. The van der Waals surface area contributed by atoms with E-state index in [9.17, 15) is 4.79 Å². The third-order valence-electron chi connectivity index (χ3n) is 5.06. The van der Waals surface area contributed by atoms with Gasteiger partial charge < -0.3 is 4.90 Å². The third-order valence-corrected chi connectivity index (χ3v) is 6.23. The predicted octanol–water partition coefficient (Wildman–Crippen LogP) is 4.53. The standard InChI is InChI=1S/C21H23N3OS/c1-14-18-15(2)22-17(13-16-9-5-3-6-10-16)23-20(18)26-19(14)21(25)24-11-7-4-8-12-24/h3,5-6,9-10H,4,7-8,11-13H2,1-2H3. The molecule has 3 heterocycles. The Hall–Kier alpha value is -2.27. The average Bonchev–Trinajstić information content (AvgIpc) is 2.99. The number of hydrogen-bond donors (Lipinski definition) is 0. The Morgan fingerprint density at radius 3 is 2.54 bits per heavy atom. The first-order valence-electron chi connectivity index (χ1n) is 9.23. The molecule has 0 atom stereocenters. The Kier molecular flexibility index (Phi) is 4.72. The van der Waals surface area contributed by atoms with Crippen molar-refractivity contribution in [1.29, 1.82) is 0 Å². The number of carbonyl (C=O) groups excluding carboxylic acids is 1. The quantitative estimate of drug-likeness (QED) is 0.685. The van der Waals surface area contributed by atoms with Crippen molar-refractivity contribution < 1.29 is 4.79 Å². The van der Waals surface area contributed by atoms with Crippen LogP contribution < -0.4 is 0 Å². The number of piperidine rings is 1. The van der Waals surface area contributed by atoms with Crippen molar-refractivity contribution in [2.75, 3.05) is 13.1 Å². The van der Waals surface area contributed by atoms with Crippen LogP contribution in [0.25, 0.3) is 10.2 Å². The van der Waals surface area contributed by atoms with Crippen LogP contribution in [-0.4, -0.2) is 33.9 Å². The minimum atomic E-state index is 0.161. The first-order valence-corrected chi connectivity index (χ1v) is 10.0. The van der Waals surface area contributed by atoms with Gasteiger partial charge in [-0.1, -0.05) is 30.3 Å². The lowest BCUT2D eigenvalue weighted by Gasteiger charge is -2.26. The molecule has 134 valence electrons. The maximum absolute atomic E-state index is 13.0. The van der Waals surface area contributed by atoms with Gasteiger partial charge in [-0.05, 0) is 44.2 Å². The molecule has 0 bridgehead atoms. The largest absolute Gasteiger partial charge is 0.338 e. The van der Waals surface area contributed by atoms with E-state index in [4.69, 9.17) is 9.97 Å². The van der Waals surface area contributed by atoms with Crippen molar-refractivity contribution >= 4 is 27.5 Å². The molecule has 0 radical (unpaired) electrons. The average molecular weight is 366 g/mol. The highest BCUT2D eigenvalue weighted by atomic mass is 32.1. The fourth-order valence-electron chi connectivity index (χ4n) is 3.70. The molecule has 2 aromatic heterocycles. The van der Waals surface area contributed by atoms with E-state index < -0.39 is 0 Å². The normalized spacial score (nSPS) is 14.8.